The van der Waals surface area contributed by atoms with Gasteiger partial charge in [0.2, 0.25) is 0 Å². The molecule has 8 bridgehead atoms. The van der Waals surface area contributed by atoms with Crippen molar-refractivity contribution in [2.75, 3.05) is 39.5 Å². The minimum Gasteiger partial charge on any atom is -0.492 e. The van der Waals surface area contributed by atoms with Gasteiger partial charge in [0.1, 0.15) is 42.8 Å². The van der Waals surface area contributed by atoms with Crippen LogP contribution in [0.3, 0.4) is 0 Å². The number of benzene rings is 4. The van der Waals surface area contributed by atoms with E-state index in [1.54, 1.807) is 0 Å². The van der Waals surface area contributed by atoms with Gasteiger partial charge < -0.3 is 56.1 Å². The molecule has 4 aromatic heterocycles. The summed E-state index contributed by atoms with van der Waals surface area (Å²) in [5.41, 5.74) is 29.2. The number of unbranched alkanes of at least 4 members (excludes halogenated alkanes) is 3. The second kappa shape index (κ2) is 23.4. The van der Waals surface area contributed by atoms with Crippen LogP contribution < -0.4 is 57.5 Å². The summed E-state index contributed by atoms with van der Waals surface area (Å²) in [5, 5.41) is 3.77. The second-order valence-corrected chi connectivity index (χ2v) is 18.0. The standard InChI is InChI=1S/C60H67N7O4/c1-3-5-6-7-9-47(8-4-2)71-48-24-16-43(17-25-48)60-55-32-30-53(66-55)58(41-12-20-45(21-13-41)69-38-35-62)51-28-26-49(64-51)57(40-10-18-44(19-11-40)68-37-34-61)50-27-29-52(65-50)59(54-31-33-56(60)67-54)42-14-22-46(23-15-42)70-39-36-63/h10-33,47,64-67H,3-9,34-39,61-63H2,1-2H3. The summed E-state index contributed by atoms with van der Waals surface area (Å²) < 4.78 is 24.4. The molecule has 10 N–H and O–H groups in total. The Hall–Kier alpha value is -7.44. The van der Waals surface area contributed by atoms with Crippen molar-refractivity contribution in [3.8, 4) is 23.0 Å². The second-order valence-electron chi connectivity index (χ2n) is 18.0. The Labute approximate surface area is 416 Å². The van der Waals surface area contributed by atoms with Gasteiger partial charge in [-0.15, -0.1) is 0 Å². The monoisotopic (exact) mass is 950 g/mol. The number of nitrogens with one attached hydrogen (secondary N) is 4. The number of nitrogens with two attached hydrogens (primary N) is 3. The molecule has 0 saturated heterocycles. The first kappa shape index (κ1) is 48.6. The lowest BCUT2D eigenvalue weighted by Gasteiger charge is -2.19. The van der Waals surface area contributed by atoms with Gasteiger partial charge in [0.05, 0.1) is 6.10 Å². The Kier molecular flexibility index (Phi) is 16.0. The molecule has 0 fully saturated rings. The molecule has 8 aromatic rings. The number of fused-ring (bicyclic) bond motifs is 8. The molecule has 0 amide bonds. The number of hydrogen-bond donors (Lipinski definition) is 7. The SMILES string of the molecule is CCCCCCC(CCC)Oc1ccc(C2=c3ccc([nH]3)=C(c3ccc(OCCN)cc3)c3ccc([nH]3)C(c3ccc(OCCN)cc3)=c3ccc([nH]3)=C(c3ccc(OCCN)cc3)c3ccc2[nH]3)cc1. The van der Waals surface area contributed by atoms with E-state index < -0.39 is 0 Å². The number of rotatable bonds is 22. The number of hydrogen-bond acceptors (Lipinski definition) is 7. The third kappa shape index (κ3) is 11.4. The topological polar surface area (TPSA) is 178 Å². The van der Waals surface area contributed by atoms with Gasteiger partial charge in [-0.2, -0.15) is 0 Å². The molecule has 1 aliphatic rings. The number of aromatic amines is 4. The predicted molar refractivity (Wildman–Crippen MR) is 286 cm³/mol. The van der Waals surface area contributed by atoms with Crippen LogP contribution in [0.15, 0.2) is 146 Å². The zero-order valence-electron chi connectivity index (χ0n) is 41.0. The lowest BCUT2D eigenvalue weighted by molar-refractivity contribution is 0.175. The molecule has 1 unspecified atom stereocenters. The van der Waals surface area contributed by atoms with Crippen LogP contribution in [-0.2, 0) is 0 Å². The molecule has 0 radical (unpaired) electrons. The van der Waals surface area contributed by atoms with E-state index in [2.05, 4.69) is 143 Å². The van der Waals surface area contributed by atoms with E-state index in [0.717, 1.165) is 131 Å². The smallest absolute Gasteiger partial charge is 0.119 e. The van der Waals surface area contributed by atoms with Crippen LogP contribution in [0.25, 0.3) is 22.3 Å². The van der Waals surface area contributed by atoms with Gasteiger partial charge in [-0.25, -0.2) is 0 Å². The van der Waals surface area contributed by atoms with Gasteiger partial charge in [0.15, 0.2) is 0 Å². The molecule has 11 nitrogen and oxygen atoms in total. The molecule has 1 atom stereocenters. The van der Waals surface area contributed by atoms with Crippen LogP contribution >= 0.6 is 0 Å². The number of ether oxygens (including phenoxy) is 4. The lowest BCUT2D eigenvalue weighted by Crippen LogP contribution is -2.19. The van der Waals surface area contributed by atoms with Gasteiger partial charge in [-0.05, 0) is 139 Å². The number of H-pyrrole nitrogens is 4. The normalized spacial score (nSPS) is 12.9. The lowest BCUT2D eigenvalue weighted by atomic mass is 10.0. The van der Waals surface area contributed by atoms with Crippen molar-refractivity contribution in [3.05, 3.63) is 212 Å². The van der Waals surface area contributed by atoms with Gasteiger partial charge in [0.25, 0.3) is 0 Å². The van der Waals surface area contributed by atoms with E-state index in [9.17, 15) is 0 Å². The fourth-order valence-electron chi connectivity index (χ4n) is 9.53. The molecule has 71 heavy (non-hydrogen) atoms. The first-order valence-corrected chi connectivity index (χ1v) is 25.3. The van der Waals surface area contributed by atoms with Gasteiger partial charge in [0, 0.05) is 86.1 Å². The highest BCUT2D eigenvalue weighted by Gasteiger charge is 2.20. The zero-order valence-corrected chi connectivity index (χ0v) is 41.0. The minimum absolute atomic E-state index is 0.192. The van der Waals surface area contributed by atoms with Gasteiger partial charge in [-0.1, -0.05) is 88.1 Å². The highest BCUT2D eigenvalue weighted by Crippen LogP contribution is 2.31. The quantitative estimate of drug-likeness (QED) is 0.0339. The first-order chi connectivity index (χ1) is 35.0. The average Bonchev–Trinajstić information content (AvgIpc) is 4.26. The molecule has 366 valence electrons. The third-order valence-corrected chi connectivity index (χ3v) is 12.9. The summed E-state index contributed by atoms with van der Waals surface area (Å²) in [6.07, 6.45) is 8.29. The summed E-state index contributed by atoms with van der Waals surface area (Å²) in [6, 6.07) is 50.6. The molecule has 5 heterocycles. The van der Waals surface area contributed by atoms with Crippen molar-refractivity contribution in [2.24, 2.45) is 17.2 Å². The van der Waals surface area contributed by atoms with Crippen molar-refractivity contribution in [3.63, 3.8) is 0 Å². The van der Waals surface area contributed by atoms with Crippen molar-refractivity contribution >= 4 is 22.3 Å². The molecule has 9 rings (SSSR count). The highest BCUT2D eigenvalue weighted by molar-refractivity contribution is 5.85. The molecule has 0 saturated carbocycles. The largest absolute Gasteiger partial charge is 0.492 e. The molecule has 1 aliphatic heterocycles. The van der Waals surface area contributed by atoms with E-state index in [4.69, 9.17) is 36.1 Å². The molecular weight excluding hydrogens is 883 g/mol. The summed E-state index contributed by atoms with van der Waals surface area (Å²) in [6.45, 7) is 7.12. The van der Waals surface area contributed by atoms with Crippen molar-refractivity contribution in [1.29, 1.82) is 0 Å². The minimum atomic E-state index is 0.192. The summed E-state index contributed by atoms with van der Waals surface area (Å²) >= 11 is 0. The third-order valence-electron chi connectivity index (χ3n) is 12.9. The maximum atomic E-state index is 6.68. The molecule has 11 heteroatoms. The van der Waals surface area contributed by atoms with Crippen LogP contribution in [0.4, 0.5) is 0 Å². The van der Waals surface area contributed by atoms with Gasteiger partial charge in [-0.3, -0.25) is 0 Å². The van der Waals surface area contributed by atoms with Crippen LogP contribution in [0.1, 0.15) is 104 Å². The average molecular weight is 950 g/mol. The van der Waals surface area contributed by atoms with E-state index >= 15 is 0 Å². The van der Waals surface area contributed by atoms with E-state index in [1.165, 1.54) is 25.7 Å². The van der Waals surface area contributed by atoms with Crippen molar-refractivity contribution < 1.29 is 18.9 Å². The molecular formula is C60H67N7O4. The summed E-state index contributed by atoms with van der Waals surface area (Å²) in [5.74, 6) is 3.17. The Morgan fingerprint density at radius 2 is 0.690 bits per heavy atom. The number of aromatic nitrogens is 4. The summed E-state index contributed by atoms with van der Waals surface area (Å²) in [7, 11) is 0. The van der Waals surface area contributed by atoms with Crippen molar-refractivity contribution in [1.82, 2.24) is 19.9 Å². The summed E-state index contributed by atoms with van der Waals surface area (Å²) in [4.78, 5) is 15.6. The predicted octanol–water partition coefficient (Wildman–Crippen LogP) is 7.83. The van der Waals surface area contributed by atoms with E-state index in [0.29, 0.717) is 39.5 Å². The fourth-order valence-corrected chi connectivity index (χ4v) is 9.53. The molecule has 4 aromatic carbocycles. The maximum absolute atomic E-state index is 6.68. The van der Waals surface area contributed by atoms with Gasteiger partial charge >= 0.3 is 0 Å². The van der Waals surface area contributed by atoms with E-state index in [1.807, 2.05) is 36.4 Å². The fraction of sp³-hybridized carbons (Fsp3) is 0.267. The van der Waals surface area contributed by atoms with Crippen LogP contribution in [0.5, 0.6) is 23.0 Å². The zero-order chi connectivity index (χ0) is 48.9. The Bertz CT molecular complexity index is 3230. The Balaban J connectivity index is 1.26. The van der Waals surface area contributed by atoms with Crippen LogP contribution in [-0.4, -0.2) is 65.5 Å². The Morgan fingerprint density at radius 1 is 0.352 bits per heavy atom. The van der Waals surface area contributed by atoms with Crippen molar-refractivity contribution in [2.45, 2.75) is 64.9 Å². The van der Waals surface area contributed by atoms with Crippen LogP contribution in [0, 0.1) is 0 Å². The molecule has 0 spiro atoms. The highest BCUT2D eigenvalue weighted by atomic mass is 16.5. The molecule has 0 aliphatic carbocycles. The first-order valence-electron chi connectivity index (χ1n) is 25.3. The Morgan fingerprint density at radius 3 is 1.00 bits per heavy atom. The maximum Gasteiger partial charge on any atom is 0.119 e. The van der Waals surface area contributed by atoms with Crippen LogP contribution in [0.2, 0.25) is 0 Å². The van der Waals surface area contributed by atoms with E-state index in [-0.39, 0.29) is 6.10 Å².